The van der Waals surface area contributed by atoms with E-state index < -0.39 is 40.7 Å². The highest BCUT2D eigenvalue weighted by atomic mass is 19.4. The number of nitriles is 1. The van der Waals surface area contributed by atoms with Gasteiger partial charge in [0.15, 0.2) is 11.5 Å². The summed E-state index contributed by atoms with van der Waals surface area (Å²) in [7, 11) is 0.909. The zero-order chi connectivity index (χ0) is 19.4. The Balaban J connectivity index is 3.74. The van der Waals surface area contributed by atoms with Gasteiger partial charge in [-0.1, -0.05) is 0 Å². The summed E-state index contributed by atoms with van der Waals surface area (Å²) in [6, 6.07) is 1.22. The minimum atomic E-state index is -5.03. The maximum atomic E-state index is 14.1. The van der Waals surface area contributed by atoms with Gasteiger partial charge in [-0.3, -0.25) is 9.64 Å². The zero-order valence-electron chi connectivity index (χ0n) is 13.6. The van der Waals surface area contributed by atoms with Gasteiger partial charge in [-0.15, -0.1) is 0 Å². The number of carbonyl (C=O) groups excluding carboxylic acids is 1. The van der Waals surface area contributed by atoms with E-state index in [1.165, 1.54) is 6.92 Å². The quantitative estimate of drug-likeness (QED) is 0.459. The summed E-state index contributed by atoms with van der Waals surface area (Å²) in [6.45, 7) is 9.60. The lowest BCUT2D eigenvalue weighted by atomic mass is 9.76. The van der Waals surface area contributed by atoms with Crippen LogP contribution in [0.2, 0.25) is 0 Å². The number of ether oxygens (including phenoxy) is 2. The van der Waals surface area contributed by atoms with Crippen molar-refractivity contribution in [3.63, 3.8) is 0 Å². The number of esters is 1. The Morgan fingerprint density at radius 3 is 2.44 bits per heavy atom. The lowest BCUT2D eigenvalue weighted by Gasteiger charge is -2.26. The number of methoxy groups -OCH3 is 1. The molecule has 0 N–H and O–H groups in total. The molecule has 2 atom stereocenters. The summed E-state index contributed by atoms with van der Waals surface area (Å²) in [6.07, 6.45) is -5.03. The van der Waals surface area contributed by atoms with Crippen LogP contribution in [0.3, 0.4) is 0 Å². The molecular weight excluding hydrogens is 344 g/mol. The molecule has 0 aromatic heterocycles. The standard InChI is InChI=1S/C16H14F4N2O3/c1-5-25-14(23)15(2,12(8-21)22-3)9-6-10(17)13(16(18,19)20)11(7-9)24-4/h6-7,12H,5H2,1-2,4H3. The van der Waals surface area contributed by atoms with E-state index in [-0.39, 0.29) is 12.2 Å². The van der Waals surface area contributed by atoms with E-state index in [0.717, 1.165) is 20.1 Å². The van der Waals surface area contributed by atoms with Crippen LogP contribution in [0.1, 0.15) is 25.0 Å². The second kappa shape index (κ2) is 7.39. The van der Waals surface area contributed by atoms with E-state index >= 15 is 0 Å². The van der Waals surface area contributed by atoms with Crippen LogP contribution in [0.25, 0.3) is 4.85 Å². The zero-order valence-corrected chi connectivity index (χ0v) is 13.6. The van der Waals surface area contributed by atoms with Gasteiger partial charge in [0.1, 0.15) is 17.1 Å². The Hall–Kier alpha value is -2.81. The molecular formula is C16H14F4N2O3. The Morgan fingerprint density at radius 1 is 1.44 bits per heavy atom. The van der Waals surface area contributed by atoms with Gasteiger partial charge in [-0.25, -0.2) is 11.0 Å². The molecule has 0 heterocycles. The average Bonchev–Trinajstić information content (AvgIpc) is 2.53. The van der Waals surface area contributed by atoms with Gasteiger partial charge in [0.2, 0.25) is 0 Å². The molecule has 134 valence electrons. The van der Waals surface area contributed by atoms with Gasteiger partial charge in [0.25, 0.3) is 0 Å². The summed E-state index contributed by atoms with van der Waals surface area (Å²) in [4.78, 5) is 15.3. The Morgan fingerprint density at radius 2 is 2.04 bits per heavy atom. The number of alkyl halides is 3. The van der Waals surface area contributed by atoms with Gasteiger partial charge >= 0.3 is 18.2 Å². The predicted molar refractivity (Wildman–Crippen MR) is 77.9 cm³/mol. The Bertz CT molecular complexity index is 735. The third-order valence-electron chi connectivity index (χ3n) is 3.65. The number of carbonyl (C=O) groups is 1. The van der Waals surface area contributed by atoms with Crippen LogP contribution in [0, 0.1) is 23.7 Å². The highest BCUT2D eigenvalue weighted by Gasteiger charge is 2.51. The number of halogens is 4. The van der Waals surface area contributed by atoms with Crippen molar-refractivity contribution < 1.29 is 31.8 Å². The van der Waals surface area contributed by atoms with Crippen LogP contribution < -0.4 is 4.74 Å². The van der Waals surface area contributed by atoms with Crippen LogP contribution in [-0.4, -0.2) is 25.7 Å². The first-order valence-corrected chi connectivity index (χ1v) is 6.96. The number of nitrogens with zero attached hydrogens (tertiary/aromatic N) is 2. The van der Waals surface area contributed by atoms with E-state index in [1.807, 2.05) is 0 Å². The third kappa shape index (κ3) is 3.66. The molecule has 0 saturated carbocycles. The molecule has 0 amide bonds. The highest BCUT2D eigenvalue weighted by Crippen LogP contribution is 2.42. The first-order valence-electron chi connectivity index (χ1n) is 6.96. The normalized spacial score (nSPS) is 14.6. The molecule has 1 rings (SSSR count). The summed E-state index contributed by atoms with van der Waals surface area (Å²) >= 11 is 0. The van der Waals surface area contributed by atoms with Gasteiger partial charge in [-0.05, 0) is 31.5 Å². The number of hydrogen-bond donors (Lipinski definition) is 0. The highest BCUT2D eigenvalue weighted by molar-refractivity contribution is 5.85. The molecule has 5 nitrogen and oxygen atoms in total. The molecule has 0 aliphatic rings. The van der Waals surface area contributed by atoms with Crippen molar-refractivity contribution in [3.8, 4) is 11.8 Å². The van der Waals surface area contributed by atoms with Crippen LogP contribution in [-0.2, 0) is 21.1 Å². The average molecular weight is 358 g/mol. The Labute approximate surface area is 141 Å². The first-order chi connectivity index (χ1) is 11.6. The van der Waals surface area contributed by atoms with Crippen LogP contribution >= 0.6 is 0 Å². The van der Waals surface area contributed by atoms with E-state index in [9.17, 15) is 22.4 Å². The second-order valence-corrected chi connectivity index (χ2v) is 5.12. The van der Waals surface area contributed by atoms with Crippen molar-refractivity contribution in [3.05, 3.63) is 40.5 Å². The molecule has 25 heavy (non-hydrogen) atoms. The van der Waals surface area contributed by atoms with Crippen molar-refractivity contribution >= 4 is 5.97 Å². The molecule has 0 saturated heterocycles. The third-order valence-corrected chi connectivity index (χ3v) is 3.65. The number of hydrogen-bond acceptors (Lipinski definition) is 4. The Kier molecular flexibility index (Phi) is 5.98. The molecule has 1 aromatic rings. The molecule has 0 spiro atoms. The monoisotopic (exact) mass is 358 g/mol. The SMILES string of the molecule is [C-]#[N+]C(C#N)C(C)(C(=O)OCC)c1cc(F)c(C(F)(F)F)c(OC)c1. The molecule has 0 bridgehead atoms. The fraction of sp³-hybridized carbons (Fsp3) is 0.438. The van der Waals surface area contributed by atoms with Gasteiger partial charge in [0, 0.05) is 0 Å². The fourth-order valence-corrected chi connectivity index (χ4v) is 2.27. The van der Waals surface area contributed by atoms with Crippen molar-refractivity contribution in [1.82, 2.24) is 0 Å². The maximum Gasteiger partial charge on any atom is 0.422 e. The fourth-order valence-electron chi connectivity index (χ4n) is 2.27. The number of rotatable bonds is 5. The summed E-state index contributed by atoms with van der Waals surface area (Å²) in [5.74, 6) is -3.57. The predicted octanol–water partition coefficient (Wildman–Crippen LogP) is 3.49. The summed E-state index contributed by atoms with van der Waals surface area (Å²) < 4.78 is 62.5. The van der Waals surface area contributed by atoms with Crippen molar-refractivity contribution in [1.29, 1.82) is 5.26 Å². The molecule has 1 aromatic carbocycles. The van der Waals surface area contributed by atoms with E-state index in [2.05, 4.69) is 9.58 Å². The first kappa shape index (κ1) is 20.2. The maximum absolute atomic E-state index is 14.1. The smallest absolute Gasteiger partial charge is 0.422 e. The molecule has 0 aliphatic heterocycles. The topological polar surface area (TPSA) is 63.7 Å². The van der Waals surface area contributed by atoms with Gasteiger partial charge in [-0.2, -0.15) is 18.4 Å². The van der Waals surface area contributed by atoms with E-state index in [0.29, 0.717) is 6.07 Å². The van der Waals surface area contributed by atoms with Crippen molar-refractivity contribution in [2.45, 2.75) is 31.5 Å². The van der Waals surface area contributed by atoms with Crippen LogP contribution in [0.15, 0.2) is 12.1 Å². The minimum Gasteiger partial charge on any atom is -0.496 e. The van der Waals surface area contributed by atoms with E-state index in [1.54, 1.807) is 6.07 Å². The lowest BCUT2D eigenvalue weighted by molar-refractivity contribution is -0.149. The van der Waals surface area contributed by atoms with Crippen molar-refractivity contribution in [2.75, 3.05) is 13.7 Å². The largest absolute Gasteiger partial charge is 0.496 e. The van der Waals surface area contributed by atoms with Gasteiger partial charge in [0.05, 0.1) is 13.7 Å². The van der Waals surface area contributed by atoms with Gasteiger partial charge < -0.3 is 9.47 Å². The molecule has 0 aliphatic carbocycles. The number of benzene rings is 1. The molecule has 0 fully saturated rings. The molecule has 9 heteroatoms. The van der Waals surface area contributed by atoms with Crippen molar-refractivity contribution in [2.24, 2.45) is 0 Å². The minimum absolute atomic E-state index is 0.0924. The van der Waals surface area contributed by atoms with Crippen LogP contribution in [0.5, 0.6) is 5.75 Å². The summed E-state index contributed by atoms with van der Waals surface area (Å²) in [5.41, 5.74) is -3.96. The second-order valence-electron chi connectivity index (χ2n) is 5.12. The molecule has 0 radical (unpaired) electrons. The lowest BCUT2D eigenvalue weighted by Crippen LogP contribution is -2.43. The van der Waals surface area contributed by atoms with Crippen LogP contribution in [0.4, 0.5) is 17.6 Å². The summed E-state index contributed by atoms with van der Waals surface area (Å²) in [5, 5.41) is 9.14. The van der Waals surface area contributed by atoms with E-state index in [4.69, 9.17) is 16.6 Å². The molecule has 2 unspecified atom stereocenters.